The first-order chi connectivity index (χ1) is 15.6. The maximum absolute atomic E-state index is 13.4. The quantitative estimate of drug-likeness (QED) is 0.636. The molecule has 2 amide bonds. The van der Waals surface area contributed by atoms with E-state index < -0.39 is 0 Å². The smallest absolute Gasteiger partial charge is 0.254 e. The van der Waals surface area contributed by atoms with Gasteiger partial charge in [-0.3, -0.25) is 14.6 Å². The van der Waals surface area contributed by atoms with Crippen LogP contribution < -0.4 is 5.32 Å². The predicted molar refractivity (Wildman–Crippen MR) is 125 cm³/mol. The Kier molecular flexibility index (Phi) is 6.95. The van der Waals surface area contributed by atoms with Gasteiger partial charge in [0.2, 0.25) is 5.91 Å². The summed E-state index contributed by atoms with van der Waals surface area (Å²) in [6.07, 6.45) is 3.97. The second kappa shape index (κ2) is 10.2. The number of carbonyl (C=O) groups excluding carboxylic acids is 2. The molecule has 0 saturated carbocycles. The van der Waals surface area contributed by atoms with Crippen LogP contribution in [0.3, 0.4) is 0 Å². The normalized spacial score (nSPS) is 18.2. The first kappa shape index (κ1) is 21.8. The number of nitrogens with zero attached hydrogens (tertiary/aromatic N) is 2. The van der Waals surface area contributed by atoms with Crippen LogP contribution in [0, 0.1) is 12.8 Å². The maximum Gasteiger partial charge on any atom is 0.254 e. The van der Waals surface area contributed by atoms with Gasteiger partial charge in [0, 0.05) is 37.0 Å². The summed E-state index contributed by atoms with van der Waals surface area (Å²) in [4.78, 5) is 32.5. The highest BCUT2D eigenvalue weighted by Gasteiger charge is 2.35. The zero-order valence-corrected chi connectivity index (χ0v) is 18.4. The van der Waals surface area contributed by atoms with Gasteiger partial charge in [0.25, 0.3) is 5.91 Å². The monoisotopic (exact) mass is 427 g/mol. The molecule has 1 aromatic heterocycles. The Morgan fingerprint density at radius 1 is 1.00 bits per heavy atom. The van der Waals surface area contributed by atoms with Crippen molar-refractivity contribution >= 4 is 11.8 Å². The van der Waals surface area contributed by atoms with Crippen LogP contribution in [-0.4, -0.2) is 34.8 Å². The number of benzene rings is 2. The Hall–Kier alpha value is -3.47. The van der Waals surface area contributed by atoms with E-state index in [1.807, 2.05) is 59.5 Å². The van der Waals surface area contributed by atoms with Crippen molar-refractivity contribution in [2.75, 3.05) is 13.1 Å². The van der Waals surface area contributed by atoms with Crippen LogP contribution in [0.2, 0.25) is 0 Å². The zero-order valence-electron chi connectivity index (χ0n) is 18.4. The summed E-state index contributed by atoms with van der Waals surface area (Å²) >= 11 is 0. The summed E-state index contributed by atoms with van der Waals surface area (Å²) < 4.78 is 0. The van der Waals surface area contributed by atoms with E-state index in [1.54, 1.807) is 6.20 Å². The summed E-state index contributed by atoms with van der Waals surface area (Å²) in [6.45, 7) is 3.02. The lowest BCUT2D eigenvalue weighted by molar-refractivity contribution is -0.126. The molecule has 1 aliphatic heterocycles. The molecule has 1 fully saturated rings. The van der Waals surface area contributed by atoms with Gasteiger partial charge in [0.05, 0.1) is 12.0 Å². The van der Waals surface area contributed by atoms with E-state index >= 15 is 0 Å². The van der Waals surface area contributed by atoms with Crippen LogP contribution in [-0.2, 0) is 11.2 Å². The Morgan fingerprint density at radius 3 is 2.56 bits per heavy atom. The van der Waals surface area contributed by atoms with E-state index in [2.05, 4.69) is 35.4 Å². The zero-order chi connectivity index (χ0) is 22.3. The van der Waals surface area contributed by atoms with Gasteiger partial charge in [-0.15, -0.1) is 0 Å². The standard InChI is InChI=1S/C27H29N3O2/c1-20-8-7-11-22(18-20)25-14-13-23(19-30(25)27(32)21-9-3-2-4-10-21)26(31)29-17-15-24-12-5-6-16-28-24/h2-12,16,18,23,25H,13-15,17,19H2,1H3,(H,29,31)/t23-,25-/m0/s1. The minimum Gasteiger partial charge on any atom is -0.355 e. The number of hydrogen-bond donors (Lipinski definition) is 1. The highest BCUT2D eigenvalue weighted by atomic mass is 16.2. The summed E-state index contributed by atoms with van der Waals surface area (Å²) in [6, 6.07) is 23.4. The molecule has 1 aliphatic rings. The minimum absolute atomic E-state index is 0.00878. The molecule has 5 heteroatoms. The first-order valence-electron chi connectivity index (χ1n) is 11.2. The number of likely N-dealkylation sites (tertiary alicyclic amines) is 1. The van der Waals surface area contributed by atoms with Crippen LogP contribution in [0.25, 0.3) is 0 Å². The molecule has 1 N–H and O–H groups in total. The molecule has 0 radical (unpaired) electrons. The van der Waals surface area contributed by atoms with E-state index in [-0.39, 0.29) is 23.8 Å². The van der Waals surface area contributed by atoms with E-state index in [0.29, 0.717) is 25.1 Å². The topological polar surface area (TPSA) is 62.3 Å². The Bertz CT molecular complexity index is 1050. The van der Waals surface area contributed by atoms with Crippen molar-refractivity contribution in [2.45, 2.75) is 32.2 Å². The largest absolute Gasteiger partial charge is 0.355 e. The lowest BCUT2D eigenvalue weighted by Gasteiger charge is -2.39. The van der Waals surface area contributed by atoms with Crippen molar-refractivity contribution in [3.63, 3.8) is 0 Å². The van der Waals surface area contributed by atoms with Gasteiger partial charge >= 0.3 is 0 Å². The molecular weight excluding hydrogens is 398 g/mol. The van der Waals surface area contributed by atoms with Crippen LogP contribution in [0.1, 0.15) is 46.1 Å². The number of aryl methyl sites for hydroxylation is 1. The van der Waals surface area contributed by atoms with Gasteiger partial charge in [0.15, 0.2) is 0 Å². The van der Waals surface area contributed by atoms with Crippen LogP contribution in [0.4, 0.5) is 0 Å². The predicted octanol–water partition coefficient (Wildman–Crippen LogP) is 4.34. The summed E-state index contributed by atoms with van der Waals surface area (Å²) in [5.74, 6) is -0.231. The lowest BCUT2D eigenvalue weighted by Crippen LogP contribution is -2.47. The Morgan fingerprint density at radius 2 is 1.81 bits per heavy atom. The third kappa shape index (κ3) is 5.22. The fourth-order valence-electron chi connectivity index (χ4n) is 4.38. The molecule has 5 nitrogen and oxygen atoms in total. The minimum atomic E-state index is -0.215. The fraction of sp³-hybridized carbons (Fsp3) is 0.296. The second-order valence-corrected chi connectivity index (χ2v) is 8.39. The molecule has 2 atom stereocenters. The van der Waals surface area contributed by atoms with Gasteiger partial charge in [-0.1, -0.05) is 54.1 Å². The Balaban J connectivity index is 1.47. The van der Waals surface area contributed by atoms with Crippen molar-refractivity contribution in [3.05, 3.63) is 101 Å². The van der Waals surface area contributed by atoms with E-state index in [9.17, 15) is 9.59 Å². The molecule has 2 heterocycles. The average molecular weight is 428 g/mol. The van der Waals surface area contributed by atoms with Gasteiger partial charge in [-0.2, -0.15) is 0 Å². The van der Waals surface area contributed by atoms with Crippen LogP contribution in [0.5, 0.6) is 0 Å². The van der Waals surface area contributed by atoms with Gasteiger partial charge in [0.1, 0.15) is 0 Å². The molecule has 164 valence electrons. The number of carbonyl (C=O) groups is 2. The number of pyridine rings is 1. The van der Waals surface area contributed by atoms with Gasteiger partial charge in [-0.05, 0) is 49.6 Å². The van der Waals surface area contributed by atoms with E-state index in [1.165, 1.54) is 5.56 Å². The van der Waals surface area contributed by atoms with E-state index in [4.69, 9.17) is 0 Å². The fourth-order valence-corrected chi connectivity index (χ4v) is 4.38. The maximum atomic E-state index is 13.4. The van der Waals surface area contributed by atoms with Crippen molar-refractivity contribution in [2.24, 2.45) is 5.92 Å². The molecule has 4 rings (SSSR count). The number of piperidine rings is 1. The van der Waals surface area contributed by atoms with Gasteiger partial charge in [-0.25, -0.2) is 0 Å². The summed E-state index contributed by atoms with van der Waals surface area (Å²) in [5.41, 5.74) is 3.91. The number of amides is 2. The highest BCUT2D eigenvalue weighted by molar-refractivity contribution is 5.95. The molecule has 0 bridgehead atoms. The summed E-state index contributed by atoms with van der Waals surface area (Å²) in [5, 5.41) is 3.05. The molecule has 0 spiro atoms. The third-order valence-corrected chi connectivity index (χ3v) is 6.07. The number of hydrogen-bond acceptors (Lipinski definition) is 3. The molecule has 1 saturated heterocycles. The van der Waals surface area contributed by atoms with Crippen LogP contribution >= 0.6 is 0 Å². The number of nitrogens with one attached hydrogen (secondary N) is 1. The highest BCUT2D eigenvalue weighted by Crippen LogP contribution is 2.35. The number of aromatic nitrogens is 1. The van der Waals surface area contributed by atoms with E-state index in [0.717, 1.165) is 24.1 Å². The molecule has 3 aromatic rings. The molecule has 2 aromatic carbocycles. The average Bonchev–Trinajstić information content (AvgIpc) is 2.84. The molecule has 32 heavy (non-hydrogen) atoms. The molecule has 0 unspecified atom stereocenters. The number of rotatable bonds is 6. The second-order valence-electron chi connectivity index (χ2n) is 8.39. The molecule has 0 aliphatic carbocycles. The van der Waals surface area contributed by atoms with Crippen LogP contribution in [0.15, 0.2) is 79.0 Å². The van der Waals surface area contributed by atoms with Crippen molar-refractivity contribution in [3.8, 4) is 0 Å². The lowest BCUT2D eigenvalue weighted by atomic mass is 9.87. The Labute approximate surface area is 189 Å². The SMILES string of the molecule is Cc1cccc([C@@H]2CC[C@H](C(=O)NCCc3ccccn3)CN2C(=O)c2ccccc2)c1. The van der Waals surface area contributed by atoms with Crippen molar-refractivity contribution in [1.82, 2.24) is 15.2 Å². The first-order valence-corrected chi connectivity index (χ1v) is 11.2. The van der Waals surface area contributed by atoms with Crippen molar-refractivity contribution < 1.29 is 9.59 Å². The van der Waals surface area contributed by atoms with Gasteiger partial charge < -0.3 is 10.2 Å². The third-order valence-electron chi connectivity index (χ3n) is 6.07. The van der Waals surface area contributed by atoms with Crippen molar-refractivity contribution in [1.29, 1.82) is 0 Å². The summed E-state index contributed by atoms with van der Waals surface area (Å²) in [7, 11) is 0. The molecular formula is C27H29N3O2.